The molecular formula is C26H26ClN3O4. The minimum absolute atomic E-state index is 0.0241. The van der Waals surface area contributed by atoms with Gasteiger partial charge in [-0.05, 0) is 35.6 Å². The largest absolute Gasteiger partial charge is 0.466 e. The van der Waals surface area contributed by atoms with Crippen molar-refractivity contribution in [3.63, 3.8) is 0 Å². The van der Waals surface area contributed by atoms with Crippen LogP contribution in [0.25, 0.3) is 0 Å². The SMILES string of the molecule is CCc1ccc(Cl)c(CC)c1N1C(N)=C(C#N)C(c2ccccc2)C(C(=O)OC)=C1C(=O)OC. The average molecular weight is 480 g/mol. The first-order valence-electron chi connectivity index (χ1n) is 10.8. The van der Waals surface area contributed by atoms with Gasteiger partial charge in [0.15, 0.2) is 0 Å². The molecular weight excluding hydrogens is 454 g/mol. The molecule has 1 heterocycles. The number of carbonyl (C=O) groups is 2. The number of aryl methyl sites for hydroxylation is 1. The number of ether oxygens (including phenoxy) is 2. The van der Waals surface area contributed by atoms with Crippen molar-refractivity contribution in [2.24, 2.45) is 5.73 Å². The highest BCUT2D eigenvalue weighted by Gasteiger charge is 2.43. The predicted octanol–water partition coefficient (Wildman–Crippen LogP) is 4.36. The van der Waals surface area contributed by atoms with Gasteiger partial charge in [-0.25, -0.2) is 9.59 Å². The Morgan fingerprint density at radius 3 is 2.24 bits per heavy atom. The molecule has 0 bridgehead atoms. The summed E-state index contributed by atoms with van der Waals surface area (Å²) in [6.45, 7) is 3.88. The van der Waals surface area contributed by atoms with Crippen LogP contribution in [0.2, 0.25) is 5.02 Å². The van der Waals surface area contributed by atoms with Crippen LogP contribution in [-0.4, -0.2) is 26.2 Å². The molecule has 0 saturated heterocycles. The number of esters is 2. The highest BCUT2D eigenvalue weighted by atomic mass is 35.5. The normalized spacial score (nSPS) is 15.8. The van der Waals surface area contributed by atoms with Gasteiger partial charge in [-0.2, -0.15) is 5.26 Å². The number of benzene rings is 2. The van der Waals surface area contributed by atoms with Crippen molar-refractivity contribution in [2.45, 2.75) is 32.6 Å². The molecule has 7 nitrogen and oxygen atoms in total. The highest BCUT2D eigenvalue weighted by Crippen LogP contribution is 2.45. The molecule has 2 N–H and O–H groups in total. The van der Waals surface area contributed by atoms with E-state index in [-0.39, 0.29) is 22.7 Å². The molecule has 0 spiro atoms. The third kappa shape index (κ3) is 4.13. The minimum Gasteiger partial charge on any atom is -0.466 e. The lowest BCUT2D eigenvalue weighted by atomic mass is 9.80. The molecule has 0 aliphatic carbocycles. The summed E-state index contributed by atoms with van der Waals surface area (Å²) in [5, 5.41) is 10.7. The number of halogens is 1. The number of hydrogen-bond acceptors (Lipinski definition) is 7. The fraction of sp³-hybridized carbons (Fsp3) is 0.269. The summed E-state index contributed by atoms with van der Waals surface area (Å²) in [6.07, 6.45) is 1.12. The monoisotopic (exact) mass is 479 g/mol. The molecule has 34 heavy (non-hydrogen) atoms. The van der Waals surface area contributed by atoms with E-state index in [1.165, 1.54) is 19.1 Å². The molecule has 2 aromatic rings. The summed E-state index contributed by atoms with van der Waals surface area (Å²) >= 11 is 6.54. The fourth-order valence-electron chi connectivity index (χ4n) is 4.31. The molecule has 0 radical (unpaired) electrons. The Morgan fingerprint density at radius 1 is 1.06 bits per heavy atom. The second kappa shape index (κ2) is 10.4. The summed E-state index contributed by atoms with van der Waals surface area (Å²) in [6, 6.07) is 14.7. The van der Waals surface area contributed by atoms with Gasteiger partial charge in [-0.1, -0.05) is 61.8 Å². The Balaban J connectivity index is 2.53. The maximum atomic E-state index is 13.3. The molecule has 3 rings (SSSR count). The molecule has 0 amide bonds. The first-order chi connectivity index (χ1) is 16.4. The number of methoxy groups -OCH3 is 2. The summed E-state index contributed by atoms with van der Waals surface area (Å²) in [7, 11) is 2.44. The Bertz CT molecular complexity index is 1230. The lowest BCUT2D eigenvalue weighted by Gasteiger charge is -2.37. The van der Waals surface area contributed by atoms with E-state index in [1.54, 1.807) is 30.3 Å². The summed E-state index contributed by atoms with van der Waals surface area (Å²) in [5.74, 6) is -2.45. The average Bonchev–Trinajstić information content (AvgIpc) is 2.87. The van der Waals surface area contributed by atoms with Crippen molar-refractivity contribution in [2.75, 3.05) is 19.1 Å². The quantitative estimate of drug-likeness (QED) is 0.613. The van der Waals surface area contributed by atoms with Crippen LogP contribution in [0.1, 0.15) is 36.5 Å². The van der Waals surface area contributed by atoms with Crippen LogP contribution in [0.3, 0.4) is 0 Å². The second-order valence-electron chi connectivity index (χ2n) is 7.58. The molecule has 1 aliphatic heterocycles. The number of nitriles is 1. The van der Waals surface area contributed by atoms with E-state index in [9.17, 15) is 14.9 Å². The second-order valence-corrected chi connectivity index (χ2v) is 7.98. The van der Waals surface area contributed by atoms with Crippen molar-refractivity contribution in [1.29, 1.82) is 5.26 Å². The van der Waals surface area contributed by atoms with Crippen LogP contribution in [0, 0.1) is 11.3 Å². The first-order valence-corrected chi connectivity index (χ1v) is 11.2. The lowest BCUT2D eigenvalue weighted by Crippen LogP contribution is -2.41. The van der Waals surface area contributed by atoms with Crippen molar-refractivity contribution < 1.29 is 19.1 Å². The smallest absolute Gasteiger partial charge is 0.355 e. The number of anilines is 1. The van der Waals surface area contributed by atoms with E-state index >= 15 is 0 Å². The van der Waals surface area contributed by atoms with Crippen LogP contribution in [0.15, 0.2) is 65.1 Å². The van der Waals surface area contributed by atoms with Gasteiger partial charge in [0.05, 0.1) is 43.0 Å². The summed E-state index contributed by atoms with van der Waals surface area (Å²) in [4.78, 5) is 27.9. The number of carbonyl (C=O) groups excluding carboxylic acids is 2. The first kappa shape index (κ1) is 24.9. The Kier molecular flexibility index (Phi) is 7.64. The van der Waals surface area contributed by atoms with Gasteiger partial charge in [0.2, 0.25) is 0 Å². The standard InChI is InChI=1S/C26H26ClN3O4/c1-5-15-12-13-19(27)17(6-2)22(15)30-23(26(32)34-4)21(25(31)33-3)20(18(14-28)24(30)29)16-10-8-7-9-11-16/h7-13,20H,5-6,29H2,1-4H3. The van der Waals surface area contributed by atoms with Gasteiger partial charge in [0.1, 0.15) is 11.5 Å². The molecule has 2 aromatic carbocycles. The predicted molar refractivity (Wildman–Crippen MR) is 130 cm³/mol. The van der Waals surface area contributed by atoms with Gasteiger partial charge in [-0.15, -0.1) is 0 Å². The molecule has 0 fully saturated rings. The maximum absolute atomic E-state index is 13.3. The third-order valence-electron chi connectivity index (χ3n) is 5.88. The number of nitrogens with zero attached hydrogens (tertiary/aromatic N) is 2. The van der Waals surface area contributed by atoms with Crippen LogP contribution in [-0.2, 0) is 31.9 Å². The Labute approximate surface area is 204 Å². The van der Waals surface area contributed by atoms with Crippen LogP contribution < -0.4 is 10.6 Å². The van der Waals surface area contributed by atoms with Gasteiger partial charge in [0.25, 0.3) is 0 Å². The molecule has 1 atom stereocenters. The fourth-order valence-corrected chi connectivity index (χ4v) is 4.59. The van der Waals surface area contributed by atoms with Crippen LogP contribution >= 0.6 is 11.6 Å². The number of nitrogens with two attached hydrogens (primary N) is 1. The van der Waals surface area contributed by atoms with Crippen LogP contribution in [0.4, 0.5) is 5.69 Å². The zero-order valence-electron chi connectivity index (χ0n) is 19.5. The van der Waals surface area contributed by atoms with Gasteiger partial charge < -0.3 is 15.2 Å². The zero-order valence-corrected chi connectivity index (χ0v) is 20.3. The van der Waals surface area contributed by atoms with Crippen molar-refractivity contribution in [3.05, 3.63) is 86.8 Å². The van der Waals surface area contributed by atoms with Gasteiger partial charge >= 0.3 is 11.9 Å². The summed E-state index contributed by atoms with van der Waals surface area (Å²) in [5.41, 5.74) is 9.33. The molecule has 1 unspecified atom stereocenters. The van der Waals surface area contributed by atoms with E-state index in [0.29, 0.717) is 29.1 Å². The van der Waals surface area contributed by atoms with E-state index in [0.717, 1.165) is 11.1 Å². The topological polar surface area (TPSA) is 106 Å². The molecule has 1 aliphatic rings. The van der Waals surface area contributed by atoms with Gasteiger partial charge in [-0.3, -0.25) is 4.90 Å². The highest BCUT2D eigenvalue weighted by molar-refractivity contribution is 6.32. The molecule has 176 valence electrons. The molecule has 8 heteroatoms. The maximum Gasteiger partial charge on any atom is 0.355 e. The van der Waals surface area contributed by atoms with E-state index < -0.39 is 17.9 Å². The summed E-state index contributed by atoms with van der Waals surface area (Å²) < 4.78 is 10.2. The van der Waals surface area contributed by atoms with Crippen molar-refractivity contribution in [1.82, 2.24) is 0 Å². The number of allylic oxidation sites excluding steroid dienone is 1. The van der Waals surface area contributed by atoms with E-state index in [2.05, 4.69) is 6.07 Å². The Morgan fingerprint density at radius 2 is 1.71 bits per heavy atom. The zero-order chi connectivity index (χ0) is 25.0. The molecule has 0 aromatic heterocycles. The van der Waals surface area contributed by atoms with Crippen LogP contribution in [0.5, 0.6) is 0 Å². The van der Waals surface area contributed by atoms with E-state index in [4.69, 9.17) is 26.8 Å². The number of hydrogen-bond donors (Lipinski definition) is 1. The Hall–Kier alpha value is -3.76. The lowest BCUT2D eigenvalue weighted by molar-refractivity contribution is -0.139. The van der Waals surface area contributed by atoms with Gasteiger partial charge in [0, 0.05) is 5.02 Å². The van der Waals surface area contributed by atoms with E-state index in [1.807, 2.05) is 26.0 Å². The molecule has 0 saturated carbocycles. The van der Waals surface area contributed by atoms with Crippen molar-refractivity contribution in [3.8, 4) is 6.07 Å². The van der Waals surface area contributed by atoms with Crippen molar-refractivity contribution >= 4 is 29.2 Å². The third-order valence-corrected chi connectivity index (χ3v) is 6.23. The minimum atomic E-state index is -0.918. The number of rotatable bonds is 6.